The average Bonchev–Trinajstić information content (AvgIpc) is 2.88. The third-order valence-corrected chi connectivity index (χ3v) is 7.30. The van der Waals surface area contributed by atoms with Crippen LogP contribution in [-0.4, -0.2) is 48.1 Å². The molecular formula is C29H39NO5S. The van der Waals surface area contributed by atoms with Crippen molar-refractivity contribution in [2.45, 2.75) is 64.2 Å². The van der Waals surface area contributed by atoms with Crippen LogP contribution in [0.3, 0.4) is 0 Å². The van der Waals surface area contributed by atoms with Crippen molar-refractivity contribution in [3.8, 4) is 5.75 Å². The molecule has 36 heavy (non-hydrogen) atoms. The van der Waals surface area contributed by atoms with Gasteiger partial charge in [-0.2, -0.15) is 0 Å². The number of benzene rings is 3. The van der Waals surface area contributed by atoms with Crippen molar-refractivity contribution in [2.75, 3.05) is 19.6 Å². The van der Waals surface area contributed by atoms with Crippen LogP contribution in [0, 0.1) is 0 Å². The van der Waals surface area contributed by atoms with Crippen LogP contribution >= 0.6 is 0 Å². The molecule has 0 aliphatic heterocycles. The summed E-state index contributed by atoms with van der Waals surface area (Å²) in [5.41, 5.74) is 0.876. The number of quaternary nitrogens is 1. The molecule has 3 rings (SSSR count). The average molecular weight is 514 g/mol. The fourth-order valence-electron chi connectivity index (χ4n) is 4.35. The van der Waals surface area contributed by atoms with Gasteiger partial charge in [0, 0.05) is 10.8 Å². The summed E-state index contributed by atoms with van der Waals surface area (Å²) in [5.74, 6) is 0.281. The van der Waals surface area contributed by atoms with Gasteiger partial charge in [0.1, 0.15) is 15.9 Å². The maximum absolute atomic E-state index is 13.2. The Hall–Kier alpha value is -2.74. The van der Waals surface area contributed by atoms with Crippen LogP contribution in [0.5, 0.6) is 5.75 Å². The lowest BCUT2D eigenvalue weighted by molar-refractivity contribution is -0.850. The highest BCUT2D eigenvalue weighted by atomic mass is 32.2. The number of phenols is 1. The number of carbonyl (C=O) groups is 1. The van der Waals surface area contributed by atoms with Gasteiger partial charge in [0.2, 0.25) is 0 Å². The van der Waals surface area contributed by atoms with E-state index in [2.05, 4.69) is 20.8 Å². The number of phenolic OH excluding ortho intramolecular Hbond substituents is 1. The molecule has 1 N–H and O–H groups in total. The highest BCUT2D eigenvalue weighted by molar-refractivity contribution is 7.86. The molecule has 0 radical (unpaired) electrons. The molecular weight excluding hydrogens is 474 g/mol. The zero-order chi connectivity index (χ0) is 26.6. The number of amides is 1. The number of hydrogen-bond donors (Lipinski definition) is 1. The van der Waals surface area contributed by atoms with Crippen LogP contribution in [0.2, 0.25) is 0 Å². The third-order valence-electron chi connectivity index (χ3n) is 6.40. The molecule has 0 bridgehead atoms. The number of rotatable bonds is 11. The minimum absolute atomic E-state index is 0.0435. The van der Waals surface area contributed by atoms with Crippen molar-refractivity contribution >= 4 is 26.8 Å². The van der Waals surface area contributed by atoms with Gasteiger partial charge in [-0.05, 0) is 43.5 Å². The summed E-state index contributed by atoms with van der Waals surface area (Å²) in [7, 11) is -4.51. The van der Waals surface area contributed by atoms with Gasteiger partial charge in [-0.25, -0.2) is 13.2 Å². The fourth-order valence-corrected chi connectivity index (χ4v) is 5.03. The van der Waals surface area contributed by atoms with E-state index in [9.17, 15) is 22.9 Å². The van der Waals surface area contributed by atoms with Gasteiger partial charge in [-0.3, -0.25) is 4.48 Å². The van der Waals surface area contributed by atoms with E-state index in [1.165, 1.54) is 12.1 Å². The molecule has 0 heterocycles. The normalized spacial score (nSPS) is 11.7. The quantitative estimate of drug-likeness (QED) is 0.233. The van der Waals surface area contributed by atoms with E-state index in [1.807, 2.05) is 30.3 Å². The molecule has 0 aromatic heterocycles. The smallest absolute Gasteiger partial charge is 0.345 e. The van der Waals surface area contributed by atoms with E-state index >= 15 is 0 Å². The molecule has 0 fully saturated rings. The Morgan fingerprint density at radius 2 is 1.22 bits per heavy atom. The highest BCUT2D eigenvalue weighted by Gasteiger charge is 2.35. The van der Waals surface area contributed by atoms with Crippen LogP contribution in [0.15, 0.2) is 71.6 Å². The van der Waals surface area contributed by atoms with E-state index in [-0.39, 0.29) is 16.0 Å². The molecule has 1 amide bonds. The summed E-state index contributed by atoms with van der Waals surface area (Å²) in [4.78, 5) is 12.8. The third kappa shape index (κ3) is 7.88. The molecule has 0 aliphatic carbocycles. The molecule has 0 unspecified atom stereocenters. The molecule has 0 atom stereocenters. The predicted molar refractivity (Wildman–Crippen MR) is 144 cm³/mol. The first-order valence-corrected chi connectivity index (χ1v) is 14.2. The first-order valence-electron chi connectivity index (χ1n) is 12.8. The van der Waals surface area contributed by atoms with Gasteiger partial charge in [-0.15, -0.1) is 0 Å². The van der Waals surface area contributed by atoms with Crippen molar-refractivity contribution in [1.29, 1.82) is 0 Å². The molecule has 3 aromatic carbocycles. The van der Waals surface area contributed by atoms with Gasteiger partial charge in [0.05, 0.1) is 30.1 Å². The SMILES string of the molecule is CCCC[N+](CCCC)(CCCC)C(=O)c1ccccc1.O=S(=O)([O-])c1ccc(O)c2ccccc12. The highest BCUT2D eigenvalue weighted by Crippen LogP contribution is 2.29. The van der Waals surface area contributed by atoms with E-state index in [0.717, 1.165) is 69.8 Å². The maximum Gasteiger partial charge on any atom is 0.345 e. The molecule has 0 aliphatic rings. The lowest BCUT2D eigenvalue weighted by Gasteiger charge is -2.36. The molecule has 7 heteroatoms. The van der Waals surface area contributed by atoms with Gasteiger partial charge >= 0.3 is 5.91 Å². The Bertz CT molecular complexity index is 1190. The Balaban J connectivity index is 0.000000267. The van der Waals surface area contributed by atoms with E-state index in [0.29, 0.717) is 15.8 Å². The van der Waals surface area contributed by atoms with Crippen LogP contribution in [0.25, 0.3) is 10.8 Å². The van der Waals surface area contributed by atoms with Crippen molar-refractivity contribution in [1.82, 2.24) is 0 Å². The zero-order valence-corrected chi connectivity index (χ0v) is 22.5. The lowest BCUT2D eigenvalue weighted by atomic mass is 10.1. The van der Waals surface area contributed by atoms with Crippen molar-refractivity contribution in [3.05, 3.63) is 72.3 Å². The molecule has 196 valence electrons. The molecule has 6 nitrogen and oxygen atoms in total. The predicted octanol–water partition coefficient (Wildman–Crippen LogP) is 6.49. The van der Waals surface area contributed by atoms with E-state index < -0.39 is 10.1 Å². The second-order valence-corrected chi connectivity index (χ2v) is 10.5. The van der Waals surface area contributed by atoms with Crippen molar-refractivity contribution in [2.24, 2.45) is 0 Å². The first kappa shape index (κ1) is 29.5. The number of unbranched alkanes of at least 4 members (excludes halogenated alkanes) is 3. The Labute approximate surface area is 215 Å². The largest absolute Gasteiger partial charge is 0.744 e. The summed E-state index contributed by atoms with van der Waals surface area (Å²) in [6.45, 7) is 9.60. The molecule has 0 spiro atoms. The second-order valence-electron chi connectivity index (χ2n) is 9.13. The summed E-state index contributed by atoms with van der Waals surface area (Å²) in [6.07, 6.45) is 6.85. The minimum atomic E-state index is -4.51. The number of carbonyl (C=O) groups excluding carboxylic acids is 1. The van der Waals surface area contributed by atoms with Gasteiger partial charge in [-0.1, -0.05) is 82.5 Å². The minimum Gasteiger partial charge on any atom is -0.744 e. The molecule has 3 aromatic rings. The first-order chi connectivity index (χ1) is 17.2. The molecule has 0 saturated carbocycles. The Morgan fingerprint density at radius 3 is 1.69 bits per heavy atom. The summed E-state index contributed by atoms with van der Waals surface area (Å²) in [6, 6.07) is 18.5. The van der Waals surface area contributed by atoms with Gasteiger partial charge < -0.3 is 9.66 Å². The Kier molecular flexibility index (Phi) is 11.6. The second kappa shape index (κ2) is 14.1. The monoisotopic (exact) mass is 513 g/mol. The van der Waals surface area contributed by atoms with Crippen LogP contribution in [-0.2, 0) is 10.1 Å². The Morgan fingerprint density at radius 1 is 0.750 bits per heavy atom. The van der Waals surface area contributed by atoms with Gasteiger partial charge in [0.25, 0.3) is 0 Å². The topological polar surface area (TPSA) is 94.5 Å². The van der Waals surface area contributed by atoms with Crippen LogP contribution in [0.1, 0.15) is 69.7 Å². The number of aromatic hydroxyl groups is 1. The summed E-state index contributed by atoms with van der Waals surface area (Å²) in [5, 5.41) is 10.1. The fraction of sp³-hybridized carbons (Fsp3) is 0.414. The number of nitrogens with zero attached hydrogens (tertiary/aromatic N) is 1. The number of fused-ring (bicyclic) bond motifs is 1. The van der Waals surface area contributed by atoms with Crippen LogP contribution < -0.4 is 0 Å². The summed E-state index contributed by atoms with van der Waals surface area (Å²) < 4.78 is 33.4. The summed E-state index contributed by atoms with van der Waals surface area (Å²) >= 11 is 0. The standard InChI is InChI=1S/C19H32NO.C10H8O4S/c1-4-7-15-20(16-8-5-2,17-9-6-3)19(21)18-13-11-10-12-14-18;11-9-5-6-10(15(12,13)14)8-4-2-1-3-7(8)9/h10-14H,4-9,15-17H2,1-3H3;1-6,11H,(H,12,13,14)/q+1;/p-1. The van der Waals surface area contributed by atoms with Crippen molar-refractivity contribution < 1.29 is 27.4 Å². The lowest BCUT2D eigenvalue weighted by Crippen LogP contribution is -2.54. The van der Waals surface area contributed by atoms with Gasteiger partial charge in [0.15, 0.2) is 0 Å². The van der Waals surface area contributed by atoms with E-state index in [4.69, 9.17) is 0 Å². The van der Waals surface area contributed by atoms with Crippen LogP contribution in [0.4, 0.5) is 0 Å². The van der Waals surface area contributed by atoms with Crippen molar-refractivity contribution in [3.63, 3.8) is 0 Å². The van der Waals surface area contributed by atoms with E-state index in [1.54, 1.807) is 18.2 Å². The molecule has 0 saturated heterocycles. The maximum atomic E-state index is 13.2. The zero-order valence-electron chi connectivity index (χ0n) is 21.7. The number of hydrogen-bond acceptors (Lipinski definition) is 5.